The van der Waals surface area contributed by atoms with Gasteiger partial charge in [0.1, 0.15) is 11.4 Å². The van der Waals surface area contributed by atoms with Gasteiger partial charge in [0.2, 0.25) is 0 Å². The maximum atomic E-state index is 11.7. The van der Waals surface area contributed by atoms with E-state index in [1.54, 1.807) is 13.0 Å². The molecule has 1 aromatic carbocycles. The van der Waals surface area contributed by atoms with Crippen molar-refractivity contribution in [1.82, 2.24) is 4.98 Å². The van der Waals surface area contributed by atoms with Gasteiger partial charge in [-0.2, -0.15) is 0 Å². The van der Waals surface area contributed by atoms with Crippen LogP contribution in [0.15, 0.2) is 24.3 Å². The Morgan fingerprint density at radius 2 is 2.16 bits per heavy atom. The molecule has 1 N–H and O–H groups in total. The average molecular weight is 261 g/mol. The number of fused-ring (bicyclic) bond motifs is 1. The van der Waals surface area contributed by atoms with Crippen molar-refractivity contribution >= 4 is 16.9 Å². The largest absolute Gasteiger partial charge is 0.493 e. The van der Waals surface area contributed by atoms with Gasteiger partial charge in [-0.3, -0.25) is 0 Å². The lowest BCUT2D eigenvalue weighted by Gasteiger charge is -2.09. The number of carbonyl (C=O) groups excluding carboxylic acids is 1. The van der Waals surface area contributed by atoms with Crippen molar-refractivity contribution in [2.45, 2.75) is 20.8 Å². The zero-order valence-electron chi connectivity index (χ0n) is 11.5. The van der Waals surface area contributed by atoms with Gasteiger partial charge in [-0.25, -0.2) is 4.79 Å². The molecule has 2 aromatic rings. The fourth-order valence-electron chi connectivity index (χ4n) is 1.83. The molecule has 2 rings (SSSR count). The lowest BCUT2D eigenvalue weighted by atomic mass is 10.2. The second-order valence-electron chi connectivity index (χ2n) is 4.83. The fourth-order valence-corrected chi connectivity index (χ4v) is 1.83. The average Bonchev–Trinajstić information content (AvgIpc) is 2.80. The number of nitrogens with one attached hydrogen (secondary N) is 1. The second-order valence-corrected chi connectivity index (χ2v) is 4.83. The maximum absolute atomic E-state index is 11.7. The highest BCUT2D eigenvalue weighted by Crippen LogP contribution is 2.27. The zero-order chi connectivity index (χ0) is 13.8. The summed E-state index contributed by atoms with van der Waals surface area (Å²) in [6.45, 7) is 7.00. The van der Waals surface area contributed by atoms with Gasteiger partial charge in [0, 0.05) is 10.9 Å². The predicted molar refractivity (Wildman–Crippen MR) is 74.6 cm³/mol. The normalized spacial score (nSPS) is 10.9. The molecule has 102 valence electrons. The summed E-state index contributed by atoms with van der Waals surface area (Å²) >= 11 is 0. The van der Waals surface area contributed by atoms with E-state index in [-0.39, 0.29) is 5.97 Å². The molecule has 4 nitrogen and oxygen atoms in total. The SMILES string of the molecule is CCOC(=O)c1cc2c(OCC(C)C)cccc2[nH]1. The number of hydrogen-bond donors (Lipinski definition) is 1. The minimum absolute atomic E-state index is 0.339. The van der Waals surface area contributed by atoms with E-state index in [9.17, 15) is 4.79 Å². The molecule has 1 aromatic heterocycles. The summed E-state index contributed by atoms with van der Waals surface area (Å²) in [4.78, 5) is 14.8. The van der Waals surface area contributed by atoms with Crippen LogP contribution in [0, 0.1) is 5.92 Å². The van der Waals surface area contributed by atoms with Crippen LogP contribution in [0.25, 0.3) is 10.9 Å². The predicted octanol–water partition coefficient (Wildman–Crippen LogP) is 3.38. The molecule has 0 atom stereocenters. The van der Waals surface area contributed by atoms with Crippen LogP contribution in [-0.2, 0) is 4.74 Å². The molecule has 4 heteroatoms. The first-order valence-electron chi connectivity index (χ1n) is 6.53. The lowest BCUT2D eigenvalue weighted by Crippen LogP contribution is -2.04. The quantitative estimate of drug-likeness (QED) is 0.839. The fraction of sp³-hybridized carbons (Fsp3) is 0.400. The zero-order valence-corrected chi connectivity index (χ0v) is 11.5. The van der Waals surface area contributed by atoms with Crippen molar-refractivity contribution in [3.63, 3.8) is 0 Å². The number of rotatable bonds is 5. The molecule has 0 radical (unpaired) electrons. The highest BCUT2D eigenvalue weighted by Gasteiger charge is 2.13. The molecule has 0 saturated carbocycles. The molecule has 1 heterocycles. The third-order valence-corrected chi connectivity index (χ3v) is 2.69. The Morgan fingerprint density at radius 1 is 1.37 bits per heavy atom. The molecule has 0 saturated heterocycles. The summed E-state index contributed by atoms with van der Waals surface area (Å²) in [7, 11) is 0. The van der Waals surface area contributed by atoms with Crippen LogP contribution >= 0.6 is 0 Å². The van der Waals surface area contributed by atoms with Gasteiger partial charge >= 0.3 is 5.97 Å². The Bertz CT molecular complexity index is 572. The van der Waals surface area contributed by atoms with Gasteiger partial charge in [0.05, 0.1) is 13.2 Å². The summed E-state index contributed by atoms with van der Waals surface area (Å²) in [5.41, 5.74) is 1.33. The highest BCUT2D eigenvalue weighted by atomic mass is 16.5. The minimum atomic E-state index is -0.339. The number of hydrogen-bond acceptors (Lipinski definition) is 3. The van der Waals surface area contributed by atoms with Crippen LogP contribution in [0.2, 0.25) is 0 Å². The van der Waals surface area contributed by atoms with Crippen LogP contribution in [0.1, 0.15) is 31.3 Å². The molecule has 0 fully saturated rings. The summed E-state index contributed by atoms with van der Waals surface area (Å²) in [5, 5.41) is 0.909. The van der Waals surface area contributed by atoms with Crippen molar-refractivity contribution in [2.24, 2.45) is 5.92 Å². The number of esters is 1. The molecule has 0 aliphatic heterocycles. The van der Waals surface area contributed by atoms with E-state index < -0.39 is 0 Å². The number of ether oxygens (including phenoxy) is 2. The Labute approximate surface area is 112 Å². The van der Waals surface area contributed by atoms with Gasteiger partial charge in [-0.15, -0.1) is 0 Å². The summed E-state index contributed by atoms with van der Waals surface area (Å²) in [6.07, 6.45) is 0. The molecule has 0 bridgehead atoms. The molecule has 0 aliphatic rings. The number of benzene rings is 1. The third-order valence-electron chi connectivity index (χ3n) is 2.69. The molecule has 0 aliphatic carbocycles. The summed E-state index contributed by atoms with van der Waals surface area (Å²) in [5.74, 6) is 0.908. The van der Waals surface area contributed by atoms with Crippen LogP contribution in [0.5, 0.6) is 5.75 Å². The second kappa shape index (κ2) is 5.78. The number of aromatic amines is 1. The number of aromatic nitrogens is 1. The molecule has 0 unspecified atom stereocenters. The first kappa shape index (κ1) is 13.5. The molecular formula is C15H19NO3. The topological polar surface area (TPSA) is 51.3 Å². The summed E-state index contributed by atoms with van der Waals surface area (Å²) in [6, 6.07) is 7.51. The molecule has 19 heavy (non-hydrogen) atoms. The standard InChI is InChI=1S/C15H19NO3/c1-4-18-15(17)13-8-11-12(16-13)6-5-7-14(11)19-9-10(2)3/h5-8,10,16H,4,9H2,1-3H3. The molecule has 0 amide bonds. The smallest absolute Gasteiger partial charge is 0.354 e. The van der Waals surface area contributed by atoms with Crippen molar-refractivity contribution in [3.8, 4) is 5.75 Å². The van der Waals surface area contributed by atoms with E-state index in [1.807, 2.05) is 18.2 Å². The van der Waals surface area contributed by atoms with Gasteiger partial charge in [0.25, 0.3) is 0 Å². The van der Waals surface area contributed by atoms with Gasteiger partial charge in [0.15, 0.2) is 0 Å². The van der Waals surface area contributed by atoms with E-state index >= 15 is 0 Å². The van der Waals surface area contributed by atoms with Crippen molar-refractivity contribution in [2.75, 3.05) is 13.2 Å². The van der Waals surface area contributed by atoms with E-state index in [0.29, 0.717) is 24.8 Å². The highest BCUT2D eigenvalue weighted by molar-refractivity contribution is 5.97. The number of H-pyrrole nitrogens is 1. The first-order valence-corrected chi connectivity index (χ1v) is 6.53. The minimum Gasteiger partial charge on any atom is -0.493 e. The van der Waals surface area contributed by atoms with E-state index in [2.05, 4.69) is 18.8 Å². The van der Waals surface area contributed by atoms with Crippen LogP contribution in [-0.4, -0.2) is 24.2 Å². The van der Waals surface area contributed by atoms with Crippen LogP contribution < -0.4 is 4.74 Å². The Hall–Kier alpha value is -1.97. The summed E-state index contributed by atoms with van der Waals surface area (Å²) < 4.78 is 10.7. The van der Waals surface area contributed by atoms with E-state index in [0.717, 1.165) is 16.7 Å². The first-order chi connectivity index (χ1) is 9.11. The van der Waals surface area contributed by atoms with Crippen LogP contribution in [0.4, 0.5) is 0 Å². The lowest BCUT2D eigenvalue weighted by molar-refractivity contribution is 0.0520. The van der Waals surface area contributed by atoms with Gasteiger partial charge < -0.3 is 14.5 Å². The van der Waals surface area contributed by atoms with E-state index in [1.165, 1.54) is 0 Å². The van der Waals surface area contributed by atoms with Crippen molar-refractivity contribution in [1.29, 1.82) is 0 Å². The maximum Gasteiger partial charge on any atom is 0.354 e. The monoisotopic (exact) mass is 261 g/mol. The van der Waals surface area contributed by atoms with Gasteiger partial charge in [-0.1, -0.05) is 19.9 Å². The van der Waals surface area contributed by atoms with Crippen molar-refractivity contribution in [3.05, 3.63) is 30.0 Å². The van der Waals surface area contributed by atoms with Crippen molar-refractivity contribution < 1.29 is 14.3 Å². The Balaban J connectivity index is 2.31. The third kappa shape index (κ3) is 3.08. The molecule has 0 spiro atoms. The van der Waals surface area contributed by atoms with Crippen LogP contribution in [0.3, 0.4) is 0 Å². The number of carbonyl (C=O) groups is 1. The molecular weight excluding hydrogens is 242 g/mol. The Morgan fingerprint density at radius 3 is 2.84 bits per heavy atom. The van der Waals surface area contributed by atoms with Gasteiger partial charge in [-0.05, 0) is 31.0 Å². The van der Waals surface area contributed by atoms with E-state index in [4.69, 9.17) is 9.47 Å². The Kier molecular flexibility index (Phi) is 4.10.